The molecule has 0 saturated carbocycles. The summed E-state index contributed by atoms with van der Waals surface area (Å²) < 4.78 is 13.2. The fourth-order valence-corrected chi connectivity index (χ4v) is 3.46. The van der Waals surface area contributed by atoms with Gasteiger partial charge in [0.1, 0.15) is 18.0 Å². The van der Waals surface area contributed by atoms with E-state index in [4.69, 9.17) is 0 Å². The van der Waals surface area contributed by atoms with Crippen molar-refractivity contribution in [2.45, 2.75) is 25.8 Å². The molecule has 0 bridgehead atoms. The zero-order valence-corrected chi connectivity index (χ0v) is 18.3. The van der Waals surface area contributed by atoms with Crippen molar-refractivity contribution in [3.8, 4) is 11.3 Å². The van der Waals surface area contributed by atoms with Crippen LogP contribution >= 0.6 is 0 Å². The highest BCUT2D eigenvalue weighted by Gasteiger charge is 2.10. The summed E-state index contributed by atoms with van der Waals surface area (Å²) in [5, 5.41) is 6.27. The zero-order chi connectivity index (χ0) is 23.0. The van der Waals surface area contributed by atoms with Gasteiger partial charge in [0.05, 0.1) is 5.69 Å². The van der Waals surface area contributed by atoms with Crippen molar-refractivity contribution in [3.05, 3.63) is 108 Å². The first kappa shape index (κ1) is 22.1. The lowest BCUT2D eigenvalue weighted by Gasteiger charge is -2.14. The molecular weight excluding hydrogens is 415 g/mol. The Bertz CT molecular complexity index is 1190. The summed E-state index contributed by atoms with van der Waals surface area (Å²) in [6.45, 7) is 2.02. The number of halogens is 1. The molecule has 2 N–H and O–H groups in total. The van der Waals surface area contributed by atoms with Gasteiger partial charge in [-0.1, -0.05) is 30.3 Å². The number of carbonyl (C=O) groups excluding carboxylic acids is 1. The lowest BCUT2D eigenvalue weighted by molar-refractivity contribution is 0.0938. The van der Waals surface area contributed by atoms with Crippen molar-refractivity contribution in [2.75, 3.05) is 5.32 Å². The van der Waals surface area contributed by atoms with Crippen LogP contribution in [0.1, 0.15) is 29.3 Å². The third-order valence-corrected chi connectivity index (χ3v) is 5.31. The van der Waals surface area contributed by atoms with Gasteiger partial charge in [-0.3, -0.25) is 4.79 Å². The van der Waals surface area contributed by atoms with E-state index in [-0.39, 0.29) is 17.8 Å². The van der Waals surface area contributed by atoms with Crippen LogP contribution in [-0.2, 0) is 6.42 Å². The number of aromatic nitrogens is 2. The number of benzene rings is 3. The van der Waals surface area contributed by atoms with Crippen LogP contribution in [0.2, 0.25) is 0 Å². The minimum atomic E-state index is -0.291. The van der Waals surface area contributed by atoms with Crippen LogP contribution in [0.15, 0.2) is 91.3 Å². The van der Waals surface area contributed by atoms with E-state index in [0.29, 0.717) is 17.1 Å². The molecule has 1 aromatic heterocycles. The van der Waals surface area contributed by atoms with E-state index in [0.717, 1.165) is 24.1 Å². The molecule has 6 heteroatoms. The third kappa shape index (κ3) is 6.23. The Morgan fingerprint density at radius 1 is 0.939 bits per heavy atom. The highest BCUT2D eigenvalue weighted by molar-refractivity contribution is 5.94. The van der Waals surface area contributed by atoms with Gasteiger partial charge in [0.15, 0.2) is 0 Å². The van der Waals surface area contributed by atoms with E-state index < -0.39 is 0 Å². The number of amides is 1. The molecule has 1 atom stereocenters. The summed E-state index contributed by atoms with van der Waals surface area (Å²) in [4.78, 5) is 21.1. The second-order valence-electron chi connectivity index (χ2n) is 7.90. The van der Waals surface area contributed by atoms with Gasteiger partial charge in [-0.2, -0.15) is 0 Å². The highest BCUT2D eigenvalue weighted by Crippen LogP contribution is 2.21. The molecule has 4 rings (SSSR count). The second-order valence-corrected chi connectivity index (χ2v) is 7.90. The Labute approximate surface area is 192 Å². The predicted molar refractivity (Wildman–Crippen MR) is 129 cm³/mol. The van der Waals surface area contributed by atoms with Crippen LogP contribution in [-0.4, -0.2) is 21.9 Å². The van der Waals surface area contributed by atoms with Crippen molar-refractivity contribution in [1.82, 2.24) is 15.3 Å². The monoisotopic (exact) mass is 440 g/mol. The van der Waals surface area contributed by atoms with Crippen LogP contribution in [0.3, 0.4) is 0 Å². The quantitative estimate of drug-likeness (QED) is 0.365. The number of hydrogen-bond acceptors (Lipinski definition) is 4. The maximum atomic E-state index is 13.2. The van der Waals surface area contributed by atoms with E-state index in [2.05, 4.69) is 32.7 Å². The highest BCUT2D eigenvalue weighted by atomic mass is 19.1. The molecule has 1 unspecified atom stereocenters. The second kappa shape index (κ2) is 10.5. The van der Waals surface area contributed by atoms with Gasteiger partial charge < -0.3 is 10.6 Å². The molecule has 0 aliphatic heterocycles. The van der Waals surface area contributed by atoms with Crippen LogP contribution < -0.4 is 10.6 Å². The Kier molecular flexibility index (Phi) is 7.05. The van der Waals surface area contributed by atoms with Gasteiger partial charge in [-0.05, 0) is 73.9 Å². The van der Waals surface area contributed by atoms with E-state index in [1.807, 2.05) is 37.3 Å². The first-order valence-corrected chi connectivity index (χ1v) is 10.9. The van der Waals surface area contributed by atoms with Crippen molar-refractivity contribution in [1.29, 1.82) is 0 Å². The number of nitrogens with one attached hydrogen (secondary N) is 2. The summed E-state index contributed by atoms with van der Waals surface area (Å²) >= 11 is 0. The average molecular weight is 441 g/mol. The maximum absolute atomic E-state index is 13.2. The lowest BCUT2D eigenvalue weighted by atomic mass is 10.1. The van der Waals surface area contributed by atoms with Gasteiger partial charge in [-0.15, -0.1) is 0 Å². The summed E-state index contributed by atoms with van der Waals surface area (Å²) in [6.07, 6.45) is 3.25. The van der Waals surface area contributed by atoms with Gasteiger partial charge in [0.25, 0.3) is 5.91 Å². The van der Waals surface area contributed by atoms with Crippen molar-refractivity contribution < 1.29 is 9.18 Å². The molecule has 0 spiro atoms. The molecule has 5 nitrogen and oxygen atoms in total. The van der Waals surface area contributed by atoms with Crippen LogP contribution in [0.4, 0.5) is 15.9 Å². The average Bonchev–Trinajstić information content (AvgIpc) is 2.84. The Hall–Kier alpha value is -4.06. The minimum Gasteiger partial charge on any atom is -0.350 e. The normalized spacial score (nSPS) is 11.6. The maximum Gasteiger partial charge on any atom is 0.251 e. The van der Waals surface area contributed by atoms with Gasteiger partial charge in [0.2, 0.25) is 0 Å². The predicted octanol–water partition coefficient (Wildman–Crippen LogP) is 5.78. The molecule has 166 valence electrons. The van der Waals surface area contributed by atoms with Crippen LogP contribution in [0, 0.1) is 5.82 Å². The van der Waals surface area contributed by atoms with E-state index in [9.17, 15) is 9.18 Å². The minimum absolute atomic E-state index is 0.0707. The molecule has 0 radical (unpaired) electrons. The standard InChI is InChI=1S/C27H25FN4O/c1-19(7-8-20-5-3-2-4-6-20)31-27(33)22-11-15-24(16-12-22)32-26-17-25(29-18-30-26)21-9-13-23(28)14-10-21/h2-6,9-19H,7-8H2,1H3,(H,31,33)(H,29,30,32). The molecule has 0 aliphatic rings. The molecule has 0 saturated heterocycles. The SMILES string of the molecule is CC(CCc1ccccc1)NC(=O)c1ccc(Nc2cc(-c3ccc(F)cc3)ncn2)cc1. The van der Waals surface area contributed by atoms with Gasteiger partial charge in [-0.25, -0.2) is 14.4 Å². The first-order valence-electron chi connectivity index (χ1n) is 10.9. The molecule has 3 aromatic carbocycles. The largest absolute Gasteiger partial charge is 0.350 e. The van der Waals surface area contributed by atoms with Crippen LogP contribution in [0.25, 0.3) is 11.3 Å². The number of nitrogens with zero attached hydrogens (tertiary/aromatic N) is 2. The van der Waals surface area contributed by atoms with Gasteiger partial charge >= 0.3 is 0 Å². The van der Waals surface area contributed by atoms with Crippen LogP contribution in [0.5, 0.6) is 0 Å². The number of hydrogen-bond donors (Lipinski definition) is 2. The zero-order valence-electron chi connectivity index (χ0n) is 18.3. The Morgan fingerprint density at radius 3 is 2.39 bits per heavy atom. The summed E-state index contributed by atoms with van der Waals surface area (Å²) in [7, 11) is 0. The fraction of sp³-hybridized carbons (Fsp3) is 0.148. The molecule has 0 aliphatic carbocycles. The fourth-order valence-electron chi connectivity index (χ4n) is 3.46. The van der Waals surface area contributed by atoms with Crippen molar-refractivity contribution >= 4 is 17.4 Å². The van der Waals surface area contributed by atoms with Gasteiger partial charge in [0, 0.05) is 28.9 Å². The van der Waals surface area contributed by atoms with E-state index >= 15 is 0 Å². The molecule has 1 heterocycles. The topological polar surface area (TPSA) is 66.9 Å². The Balaban J connectivity index is 1.34. The van der Waals surface area contributed by atoms with Crippen molar-refractivity contribution in [3.63, 3.8) is 0 Å². The first-order chi connectivity index (χ1) is 16.1. The molecule has 33 heavy (non-hydrogen) atoms. The molecular formula is C27H25FN4O. The van der Waals surface area contributed by atoms with E-state index in [1.54, 1.807) is 30.3 Å². The number of rotatable bonds is 8. The smallest absolute Gasteiger partial charge is 0.251 e. The molecule has 1 amide bonds. The summed E-state index contributed by atoms with van der Waals surface area (Å²) in [5.74, 6) is 0.222. The number of anilines is 2. The summed E-state index contributed by atoms with van der Waals surface area (Å²) in [6, 6.07) is 25.5. The Morgan fingerprint density at radius 2 is 1.67 bits per heavy atom. The van der Waals surface area contributed by atoms with Crippen molar-refractivity contribution in [2.24, 2.45) is 0 Å². The molecule has 4 aromatic rings. The third-order valence-electron chi connectivity index (χ3n) is 5.31. The van der Waals surface area contributed by atoms with E-state index in [1.165, 1.54) is 24.0 Å². The molecule has 0 fully saturated rings. The number of aryl methyl sites for hydroxylation is 1. The lowest BCUT2D eigenvalue weighted by Crippen LogP contribution is -2.32. The summed E-state index contributed by atoms with van der Waals surface area (Å²) in [5.41, 5.74) is 4.15. The number of carbonyl (C=O) groups is 1.